The lowest BCUT2D eigenvalue weighted by molar-refractivity contribution is -0.123. The monoisotopic (exact) mass is 396 g/mol. The normalized spacial score (nSPS) is 26.3. The van der Waals surface area contributed by atoms with Crippen molar-refractivity contribution in [3.63, 3.8) is 0 Å². The maximum atomic E-state index is 12.3. The summed E-state index contributed by atoms with van der Waals surface area (Å²) in [6, 6.07) is 0. The van der Waals surface area contributed by atoms with Crippen LogP contribution in [0.1, 0.15) is 45.4 Å². The van der Waals surface area contributed by atoms with E-state index in [0.717, 1.165) is 0 Å². The number of H-pyrrole nitrogens is 1. The van der Waals surface area contributed by atoms with Gasteiger partial charge in [0.15, 0.2) is 8.32 Å². The van der Waals surface area contributed by atoms with Crippen LogP contribution in [0.4, 0.5) is 0 Å². The minimum Gasteiger partial charge on any atom is -0.411 e. The molecule has 0 aliphatic carbocycles. The molecule has 27 heavy (non-hydrogen) atoms. The second-order valence-electron chi connectivity index (χ2n) is 8.87. The highest BCUT2D eigenvalue weighted by atomic mass is 28.4. The van der Waals surface area contributed by atoms with Gasteiger partial charge in [-0.2, -0.15) is 0 Å². The van der Waals surface area contributed by atoms with Crippen LogP contribution < -0.4 is 11.2 Å². The van der Waals surface area contributed by atoms with E-state index in [4.69, 9.17) is 9.16 Å². The first-order valence-corrected chi connectivity index (χ1v) is 12.2. The first-order chi connectivity index (χ1) is 12.4. The first kappa shape index (κ1) is 21.8. The molecule has 1 aliphatic rings. The van der Waals surface area contributed by atoms with Crippen LogP contribution in [0.25, 0.3) is 0 Å². The molecule has 1 aromatic rings. The number of nitrogens with zero attached hydrogens (tertiary/aromatic N) is 1. The average molecular weight is 397 g/mol. The Morgan fingerprint density at radius 2 is 2.11 bits per heavy atom. The number of ether oxygens (including phenoxy) is 1. The van der Waals surface area contributed by atoms with Gasteiger partial charge in [-0.15, -0.1) is 6.58 Å². The van der Waals surface area contributed by atoms with Crippen molar-refractivity contribution in [2.75, 3.05) is 6.61 Å². The van der Waals surface area contributed by atoms with Gasteiger partial charge in [-0.1, -0.05) is 26.8 Å². The summed E-state index contributed by atoms with van der Waals surface area (Å²) in [5.41, 5.74) is -1.49. The standard InChI is InChI=1S/C19H32N2O5Si/c1-8-9-19(12-22)14(26-27(6,7)18(3,4)5)10-15(25-19)21-11-13(2)16(23)20-17(21)24/h8,11,14-15,22H,1,9-10,12H2,2-7H3,(H,20,23,24)/t14?,15-,19-/m1/s1. The van der Waals surface area contributed by atoms with E-state index >= 15 is 0 Å². The molecule has 3 atom stereocenters. The van der Waals surface area contributed by atoms with Gasteiger partial charge in [-0.05, 0) is 31.5 Å². The van der Waals surface area contributed by atoms with Crippen molar-refractivity contribution in [1.82, 2.24) is 9.55 Å². The van der Waals surface area contributed by atoms with Crippen molar-refractivity contribution in [3.05, 3.63) is 45.3 Å². The van der Waals surface area contributed by atoms with E-state index < -0.39 is 31.4 Å². The number of aromatic nitrogens is 2. The highest BCUT2D eigenvalue weighted by Crippen LogP contribution is 2.45. The molecule has 0 bridgehead atoms. The summed E-state index contributed by atoms with van der Waals surface area (Å²) in [6.45, 7) is 15.9. The molecule has 0 amide bonds. The molecule has 1 aliphatic heterocycles. The predicted molar refractivity (Wildman–Crippen MR) is 107 cm³/mol. The molecule has 152 valence electrons. The van der Waals surface area contributed by atoms with Crippen molar-refractivity contribution < 1.29 is 14.3 Å². The Balaban J connectivity index is 2.44. The highest BCUT2D eigenvalue weighted by molar-refractivity contribution is 6.74. The molecule has 7 nitrogen and oxygen atoms in total. The van der Waals surface area contributed by atoms with Crippen LogP contribution in [0.2, 0.25) is 18.1 Å². The summed E-state index contributed by atoms with van der Waals surface area (Å²) in [7, 11) is -2.14. The smallest absolute Gasteiger partial charge is 0.330 e. The van der Waals surface area contributed by atoms with Crippen LogP contribution in [0, 0.1) is 6.92 Å². The van der Waals surface area contributed by atoms with Crippen LogP contribution in [-0.2, 0) is 9.16 Å². The SMILES string of the molecule is C=CC[C@]1(CO)O[C@@H](n2cc(C)c(=O)[nH]c2=O)CC1O[Si](C)(C)C(C)(C)C. The first-order valence-electron chi connectivity index (χ1n) is 9.26. The van der Waals surface area contributed by atoms with Gasteiger partial charge in [0.1, 0.15) is 11.8 Å². The lowest BCUT2D eigenvalue weighted by atomic mass is 9.94. The Hall–Kier alpha value is -1.48. The minimum atomic E-state index is -2.14. The number of hydrogen-bond acceptors (Lipinski definition) is 5. The summed E-state index contributed by atoms with van der Waals surface area (Å²) in [5.74, 6) is 0. The summed E-state index contributed by atoms with van der Waals surface area (Å²) >= 11 is 0. The second-order valence-corrected chi connectivity index (χ2v) is 13.6. The van der Waals surface area contributed by atoms with Crippen LogP contribution in [0.15, 0.2) is 28.4 Å². The van der Waals surface area contributed by atoms with Gasteiger partial charge in [-0.3, -0.25) is 14.3 Å². The van der Waals surface area contributed by atoms with Gasteiger partial charge in [0, 0.05) is 18.2 Å². The molecule has 8 heteroatoms. The highest BCUT2D eigenvalue weighted by Gasteiger charge is 2.52. The molecule has 1 aromatic heterocycles. The molecule has 0 spiro atoms. The Bertz CT molecular complexity index is 808. The summed E-state index contributed by atoms with van der Waals surface area (Å²) in [4.78, 5) is 26.3. The fourth-order valence-corrected chi connectivity index (χ4v) is 4.45. The van der Waals surface area contributed by atoms with Crippen LogP contribution in [0.3, 0.4) is 0 Å². The molecule has 0 saturated carbocycles. The second kappa shape index (κ2) is 7.50. The lowest BCUT2D eigenvalue weighted by Crippen LogP contribution is -2.52. The molecule has 1 saturated heterocycles. The minimum absolute atomic E-state index is 0.00806. The lowest BCUT2D eigenvalue weighted by Gasteiger charge is -2.42. The van der Waals surface area contributed by atoms with E-state index in [1.807, 2.05) is 0 Å². The Kier molecular flexibility index (Phi) is 6.06. The topological polar surface area (TPSA) is 93.5 Å². The zero-order chi connectivity index (χ0) is 20.6. The molecule has 0 aromatic carbocycles. The van der Waals surface area contributed by atoms with E-state index in [-0.39, 0.29) is 17.7 Å². The van der Waals surface area contributed by atoms with Crippen molar-refractivity contribution in [2.24, 2.45) is 0 Å². The number of hydrogen-bond donors (Lipinski definition) is 2. The zero-order valence-electron chi connectivity index (χ0n) is 17.2. The number of aliphatic hydroxyl groups is 1. The van der Waals surface area contributed by atoms with Crippen molar-refractivity contribution in [3.8, 4) is 0 Å². The Morgan fingerprint density at radius 1 is 1.48 bits per heavy atom. The van der Waals surface area contributed by atoms with Crippen LogP contribution in [0.5, 0.6) is 0 Å². The van der Waals surface area contributed by atoms with E-state index in [2.05, 4.69) is 45.4 Å². The third-order valence-electron chi connectivity index (χ3n) is 5.83. The van der Waals surface area contributed by atoms with Crippen LogP contribution >= 0.6 is 0 Å². The number of nitrogens with one attached hydrogen (secondary N) is 1. The van der Waals surface area contributed by atoms with Crippen LogP contribution in [-0.4, -0.2) is 41.3 Å². The number of aryl methyl sites for hydroxylation is 1. The molecule has 2 rings (SSSR count). The van der Waals surface area contributed by atoms with Crippen molar-refractivity contribution in [2.45, 2.75) is 76.6 Å². The third kappa shape index (κ3) is 4.18. The van der Waals surface area contributed by atoms with Gasteiger partial charge in [0.2, 0.25) is 0 Å². The van der Waals surface area contributed by atoms with Gasteiger partial charge in [-0.25, -0.2) is 4.79 Å². The molecule has 1 fully saturated rings. The molecular formula is C19H32N2O5Si. The molecule has 0 radical (unpaired) electrons. The molecular weight excluding hydrogens is 364 g/mol. The quantitative estimate of drug-likeness (QED) is 0.569. The van der Waals surface area contributed by atoms with E-state index in [1.54, 1.807) is 13.0 Å². The largest absolute Gasteiger partial charge is 0.411 e. The van der Waals surface area contributed by atoms with E-state index in [0.29, 0.717) is 18.4 Å². The van der Waals surface area contributed by atoms with Crippen molar-refractivity contribution in [1.29, 1.82) is 0 Å². The maximum Gasteiger partial charge on any atom is 0.330 e. The zero-order valence-corrected chi connectivity index (χ0v) is 18.2. The third-order valence-corrected chi connectivity index (χ3v) is 10.3. The molecule has 2 heterocycles. The number of aliphatic hydroxyl groups excluding tert-OH is 1. The number of rotatable bonds is 6. The van der Waals surface area contributed by atoms with Crippen molar-refractivity contribution >= 4 is 8.32 Å². The predicted octanol–water partition coefficient (Wildman–Crippen LogP) is 2.46. The van der Waals surface area contributed by atoms with Gasteiger partial charge < -0.3 is 14.3 Å². The summed E-state index contributed by atoms with van der Waals surface area (Å²) in [6.07, 6.45) is 2.99. The Morgan fingerprint density at radius 3 is 2.63 bits per heavy atom. The summed E-state index contributed by atoms with van der Waals surface area (Å²) < 4.78 is 14.1. The molecule has 2 N–H and O–H groups in total. The van der Waals surface area contributed by atoms with Gasteiger partial charge in [0.05, 0.1) is 12.7 Å². The average Bonchev–Trinajstić information content (AvgIpc) is 2.88. The van der Waals surface area contributed by atoms with E-state index in [9.17, 15) is 14.7 Å². The van der Waals surface area contributed by atoms with Gasteiger partial charge >= 0.3 is 5.69 Å². The number of aromatic amines is 1. The Labute approximate surface area is 161 Å². The maximum absolute atomic E-state index is 12.3. The van der Waals surface area contributed by atoms with E-state index in [1.165, 1.54) is 10.8 Å². The van der Waals surface area contributed by atoms with Gasteiger partial charge in [0.25, 0.3) is 5.56 Å². The fourth-order valence-electron chi connectivity index (χ4n) is 3.08. The molecule has 1 unspecified atom stereocenters. The fraction of sp³-hybridized carbons (Fsp3) is 0.684. The summed E-state index contributed by atoms with van der Waals surface area (Å²) in [5, 5.41) is 10.2.